The fraction of sp³-hybridized carbons (Fsp3) is 0.250. The highest BCUT2D eigenvalue weighted by atomic mass is 32.2. The number of nitrogens with zero attached hydrogens (tertiary/aromatic N) is 1. The number of thioether (sulfide) groups is 1. The van der Waals surface area contributed by atoms with E-state index in [2.05, 4.69) is 0 Å². The van der Waals surface area contributed by atoms with E-state index < -0.39 is 24.1 Å². The lowest BCUT2D eigenvalue weighted by molar-refractivity contribution is -0.140. The van der Waals surface area contributed by atoms with Gasteiger partial charge in [0.15, 0.2) is 0 Å². The number of halogens is 1. The number of carbonyl (C=O) groups excluding carboxylic acids is 1. The van der Waals surface area contributed by atoms with Gasteiger partial charge in [-0.25, -0.2) is 4.39 Å². The van der Waals surface area contributed by atoms with Crippen molar-refractivity contribution in [2.45, 2.75) is 19.0 Å². The zero-order chi connectivity index (χ0) is 20.3. The highest BCUT2D eigenvalue weighted by Gasteiger charge is 2.33. The van der Waals surface area contributed by atoms with Gasteiger partial charge >= 0.3 is 5.97 Å². The maximum Gasteiger partial charge on any atom is 0.323 e. The molecule has 0 radical (unpaired) electrons. The molecule has 5 nitrogen and oxygen atoms in total. The van der Waals surface area contributed by atoms with E-state index in [1.54, 1.807) is 42.5 Å². The first-order chi connectivity index (χ1) is 13.3. The molecule has 1 aliphatic carbocycles. The molecule has 146 valence electrons. The summed E-state index contributed by atoms with van der Waals surface area (Å²) in [6.45, 7) is 1.19. The third-order valence-corrected chi connectivity index (χ3v) is 5.70. The van der Waals surface area contributed by atoms with E-state index in [1.807, 2.05) is 6.08 Å². The summed E-state index contributed by atoms with van der Waals surface area (Å²) in [5, 5.41) is 8.89. The first-order valence-electron chi connectivity index (χ1n) is 8.51. The van der Waals surface area contributed by atoms with Crippen LogP contribution in [0.25, 0.3) is 6.08 Å². The number of aliphatic carboxylic acids is 1. The number of allylic oxidation sites excluding steroid dienone is 3. The molecule has 8 heteroatoms. The van der Waals surface area contributed by atoms with Crippen LogP contribution in [0.15, 0.2) is 53.0 Å². The first kappa shape index (κ1) is 20.3. The second-order valence-corrected chi connectivity index (χ2v) is 8.22. The van der Waals surface area contributed by atoms with Gasteiger partial charge in [0.1, 0.15) is 28.9 Å². The second kappa shape index (κ2) is 8.28. The first-order valence-corrected chi connectivity index (χ1v) is 9.74. The Kier molecular flexibility index (Phi) is 6.00. The number of thiocarbonyl (C=S) groups is 1. The average Bonchev–Trinajstić information content (AvgIpc) is 2.88. The van der Waals surface area contributed by atoms with Crippen LogP contribution in [0.2, 0.25) is 0 Å². The largest absolute Gasteiger partial charge is 0.489 e. The molecule has 1 saturated heterocycles. The van der Waals surface area contributed by atoms with Crippen molar-refractivity contribution >= 4 is 46.3 Å². The van der Waals surface area contributed by atoms with E-state index in [-0.39, 0.29) is 10.9 Å². The standard InChI is InChI=1S/C20H18FNO4S2/c1-20(21)8-3-2-6-14(20)12-26-15-7-4-5-13(9-15)10-16-18(25)22(11-17(23)24)19(27)28-16/h2-7,9-10H,8,11-12H2,1H3,(H,23,24)/b16-10-. The maximum absolute atomic E-state index is 14.5. The molecule has 2 aliphatic rings. The summed E-state index contributed by atoms with van der Waals surface area (Å²) in [5.41, 5.74) is -0.159. The van der Waals surface area contributed by atoms with Crippen molar-refractivity contribution in [3.63, 3.8) is 0 Å². The van der Waals surface area contributed by atoms with E-state index >= 15 is 0 Å². The van der Waals surface area contributed by atoms with Crippen LogP contribution < -0.4 is 4.74 Å². The Morgan fingerprint density at radius 1 is 1.50 bits per heavy atom. The van der Waals surface area contributed by atoms with Crippen molar-refractivity contribution in [1.29, 1.82) is 0 Å². The molecule has 1 amide bonds. The van der Waals surface area contributed by atoms with Crippen LogP contribution in [0.4, 0.5) is 4.39 Å². The van der Waals surface area contributed by atoms with Crippen LogP contribution in [-0.2, 0) is 9.59 Å². The lowest BCUT2D eigenvalue weighted by Crippen LogP contribution is -2.33. The zero-order valence-corrected chi connectivity index (χ0v) is 16.7. The zero-order valence-electron chi connectivity index (χ0n) is 15.1. The predicted molar refractivity (Wildman–Crippen MR) is 111 cm³/mol. The molecule has 1 atom stereocenters. The van der Waals surface area contributed by atoms with E-state index in [9.17, 15) is 14.0 Å². The Balaban J connectivity index is 1.72. The highest BCUT2D eigenvalue weighted by molar-refractivity contribution is 8.26. The second-order valence-electron chi connectivity index (χ2n) is 6.54. The minimum absolute atomic E-state index is 0.127. The average molecular weight is 419 g/mol. The van der Waals surface area contributed by atoms with Gasteiger partial charge in [-0.05, 0) is 30.7 Å². The van der Waals surface area contributed by atoms with Crippen LogP contribution in [0, 0.1) is 0 Å². The van der Waals surface area contributed by atoms with Crippen molar-refractivity contribution in [2.24, 2.45) is 0 Å². The Bertz CT molecular complexity index is 921. The van der Waals surface area contributed by atoms with Gasteiger partial charge in [-0.2, -0.15) is 0 Å². The molecule has 28 heavy (non-hydrogen) atoms. The number of alkyl halides is 1. The summed E-state index contributed by atoms with van der Waals surface area (Å²) >= 11 is 6.14. The molecule has 3 rings (SSSR count). The third-order valence-electron chi connectivity index (χ3n) is 4.32. The molecule has 0 bridgehead atoms. The summed E-state index contributed by atoms with van der Waals surface area (Å²) in [7, 11) is 0. The van der Waals surface area contributed by atoms with Crippen molar-refractivity contribution in [1.82, 2.24) is 4.90 Å². The molecular formula is C20H18FNO4S2. The molecule has 0 saturated carbocycles. The number of carboxylic acids is 1. The Morgan fingerprint density at radius 3 is 3.00 bits per heavy atom. The lowest BCUT2D eigenvalue weighted by Gasteiger charge is -2.25. The Morgan fingerprint density at radius 2 is 2.29 bits per heavy atom. The number of hydrogen-bond acceptors (Lipinski definition) is 5. The van der Waals surface area contributed by atoms with Crippen molar-refractivity contribution in [3.05, 3.63) is 58.5 Å². The Hall–Kier alpha value is -2.45. The normalized spacial score (nSPS) is 23.3. The van der Waals surface area contributed by atoms with E-state index in [1.165, 1.54) is 6.92 Å². The van der Waals surface area contributed by atoms with Crippen molar-refractivity contribution in [2.75, 3.05) is 13.2 Å². The lowest BCUT2D eigenvalue weighted by atomic mass is 9.91. The van der Waals surface area contributed by atoms with Crippen LogP contribution in [0.1, 0.15) is 18.9 Å². The van der Waals surface area contributed by atoms with Crippen molar-refractivity contribution in [3.8, 4) is 5.75 Å². The van der Waals surface area contributed by atoms with Gasteiger partial charge in [-0.3, -0.25) is 14.5 Å². The van der Waals surface area contributed by atoms with E-state index in [0.717, 1.165) is 16.7 Å². The topological polar surface area (TPSA) is 66.8 Å². The quantitative estimate of drug-likeness (QED) is 0.556. The highest BCUT2D eigenvalue weighted by Crippen LogP contribution is 2.33. The number of rotatable bonds is 6. The molecule has 1 aromatic rings. The summed E-state index contributed by atoms with van der Waals surface area (Å²) in [4.78, 5) is 24.6. The summed E-state index contributed by atoms with van der Waals surface area (Å²) in [5.74, 6) is -1.02. The monoisotopic (exact) mass is 419 g/mol. The molecule has 1 heterocycles. The Labute approximate surface area is 171 Å². The van der Waals surface area contributed by atoms with Crippen LogP contribution in [-0.4, -0.2) is 45.0 Å². The number of hydrogen-bond donors (Lipinski definition) is 1. The van der Waals surface area contributed by atoms with E-state index in [0.29, 0.717) is 28.2 Å². The summed E-state index contributed by atoms with van der Waals surface area (Å²) in [6.07, 6.45) is 7.28. The van der Waals surface area contributed by atoms with Gasteiger partial charge in [0, 0.05) is 12.0 Å². The number of carboxylic acid groups (broad SMARTS) is 1. The molecule has 1 unspecified atom stereocenters. The fourth-order valence-electron chi connectivity index (χ4n) is 2.76. The predicted octanol–water partition coefficient (Wildman–Crippen LogP) is 3.97. The molecule has 1 N–H and O–H groups in total. The van der Waals surface area contributed by atoms with Gasteiger partial charge in [-0.15, -0.1) is 0 Å². The van der Waals surface area contributed by atoms with Crippen LogP contribution in [0.5, 0.6) is 5.75 Å². The summed E-state index contributed by atoms with van der Waals surface area (Å²) < 4.78 is 20.4. The third kappa shape index (κ3) is 4.69. The van der Waals surface area contributed by atoms with Crippen molar-refractivity contribution < 1.29 is 23.8 Å². The molecular weight excluding hydrogens is 401 g/mol. The van der Waals surface area contributed by atoms with Gasteiger partial charge in [0.05, 0.1) is 4.91 Å². The van der Waals surface area contributed by atoms with Gasteiger partial charge in [0.25, 0.3) is 5.91 Å². The van der Waals surface area contributed by atoms with E-state index in [4.69, 9.17) is 22.1 Å². The van der Waals surface area contributed by atoms with Gasteiger partial charge in [-0.1, -0.05) is 54.3 Å². The number of carbonyl (C=O) groups is 2. The number of amides is 1. The number of benzene rings is 1. The fourth-order valence-corrected chi connectivity index (χ4v) is 4.01. The molecule has 1 aromatic carbocycles. The smallest absolute Gasteiger partial charge is 0.323 e. The molecule has 1 aliphatic heterocycles. The van der Waals surface area contributed by atoms with Crippen LogP contribution >= 0.6 is 24.0 Å². The molecule has 0 aromatic heterocycles. The molecule has 0 spiro atoms. The summed E-state index contributed by atoms with van der Waals surface area (Å²) in [6, 6.07) is 7.04. The minimum Gasteiger partial charge on any atom is -0.489 e. The number of ether oxygens (including phenoxy) is 1. The van der Waals surface area contributed by atoms with Gasteiger partial charge < -0.3 is 9.84 Å². The van der Waals surface area contributed by atoms with Gasteiger partial charge in [0.2, 0.25) is 0 Å². The molecule has 1 fully saturated rings. The minimum atomic E-state index is -1.43. The van der Waals surface area contributed by atoms with Crippen LogP contribution in [0.3, 0.4) is 0 Å². The SMILES string of the molecule is CC1(F)CC=CC=C1COc1cccc(/C=C2\SC(=S)N(CC(=O)O)C2=O)c1. The maximum atomic E-state index is 14.5.